The molecular weight excluding hydrogens is 524 g/mol. The Labute approximate surface area is 236 Å². The highest BCUT2D eigenvalue weighted by molar-refractivity contribution is 8.10. The van der Waals surface area contributed by atoms with Crippen molar-refractivity contribution in [3.8, 4) is 22.5 Å². The molecule has 7 heteroatoms. The summed E-state index contributed by atoms with van der Waals surface area (Å²) < 4.78 is 0. The first-order valence-electron chi connectivity index (χ1n) is 12.4. The Balaban J connectivity index is 0.00000308. The van der Waals surface area contributed by atoms with E-state index in [0.29, 0.717) is 22.8 Å². The van der Waals surface area contributed by atoms with E-state index in [9.17, 15) is 4.79 Å². The van der Waals surface area contributed by atoms with Crippen LogP contribution < -0.4 is 12.4 Å². The maximum Gasteiger partial charge on any atom is 0.368 e. The van der Waals surface area contributed by atoms with Crippen LogP contribution in [0, 0.1) is 6.92 Å². The van der Waals surface area contributed by atoms with Crippen LogP contribution in [0.4, 0.5) is 0 Å². The molecule has 1 atom stereocenters. The fourth-order valence-electron chi connectivity index (χ4n) is 4.47. The van der Waals surface area contributed by atoms with Gasteiger partial charge >= 0.3 is 5.12 Å². The summed E-state index contributed by atoms with van der Waals surface area (Å²) in [6, 6.07) is 35.7. The molecule has 0 amide bonds. The lowest BCUT2D eigenvalue weighted by atomic mass is 10.0. The number of hydrogen-bond acceptors (Lipinski definition) is 4. The highest BCUT2D eigenvalue weighted by atomic mass is 35.5. The zero-order chi connectivity index (χ0) is 25.9. The first kappa shape index (κ1) is 26.4. The molecule has 0 aliphatic rings. The third-order valence-corrected chi connectivity index (χ3v) is 8.51. The normalized spacial score (nSPS) is 11.6. The zero-order valence-corrected chi connectivity index (χ0v) is 22.8. The molecule has 192 valence electrons. The number of carbonyl (C=O) groups excluding carboxylic acids is 1. The molecule has 0 fully saturated rings. The Kier molecular flexibility index (Phi) is 7.87. The van der Waals surface area contributed by atoms with Gasteiger partial charge in [0.15, 0.2) is 10.6 Å². The molecule has 0 radical (unpaired) electrons. The third-order valence-electron chi connectivity index (χ3n) is 6.43. The lowest BCUT2D eigenvalue weighted by Crippen LogP contribution is -3.00. The summed E-state index contributed by atoms with van der Waals surface area (Å²) in [5.41, 5.74) is 6.22. The van der Waals surface area contributed by atoms with Gasteiger partial charge in [-0.25, -0.2) is 9.78 Å². The summed E-state index contributed by atoms with van der Waals surface area (Å²) in [5.74, 6) is 0.909. The van der Waals surface area contributed by atoms with Gasteiger partial charge in [0.1, 0.15) is 22.3 Å². The topological polar surface area (TPSA) is 71.5 Å². The first-order chi connectivity index (χ1) is 18.7. The molecule has 6 rings (SSSR count). The second kappa shape index (κ2) is 11.6. The highest BCUT2D eigenvalue weighted by Gasteiger charge is 2.35. The Hall–Kier alpha value is -4.26. The van der Waals surface area contributed by atoms with Gasteiger partial charge in [-0.1, -0.05) is 84.4 Å². The average molecular weight is 549 g/mol. The summed E-state index contributed by atoms with van der Waals surface area (Å²) in [5, 5.41) is 10.4. The number of nitrogens with zero attached hydrogens (tertiary/aromatic N) is 3. The van der Waals surface area contributed by atoms with E-state index in [1.54, 1.807) is 0 Å². The third kappa shape index (κ3) is 5.48. The van der Waals surface area contributed by atoms with Gasteiger partial charge in [-0.15, -0.1) is 10.2 Å². The van der Waals surface area contributed by atoms with E-state index in [2.05, 4.69) is 21.2 Å². The number of H-pyrrole nitrogens is 1. The van der Waals surface area contributed by atoms with Crippen molar-refractivity contribution in [1.82, 2.24) is 20.2 Å². The number of halogens is 1. The number of rotatable bonds is 6. The van der Waals surface area contributed by atoms with Crippen molar-refractivity contribution in [2.24, 2.45) is 0 Å². The number of aromatic nitrogens is 4. The molecule has 4 aromatic carbocycles. The second-order valence-corrected chi connectivity index (χ2v) is 11.0. The molecule has 0 bridgehead atoms. The van der Waals surface area contributed by atoms with Crippen molar-refractivity contribution in [3.05, 3.63) is 132 Å². The van der Waals surface area contributed by atoms with Crippen molar-refractivity contribution < 1.29 is 17.2 Å². The molecule has 0 saturated carbocycles. The lowest BCUT2D eigenvalue weighted by Gasteiger charge is -2.10. The summed E-state index contributed by atoms with van der Waals surface area (Å²) in [6.45, 7) is 2.05. The quantitative estimate of drug-likeness (QED) is 0.319. The van der Waals surface area contributed by atoms with Crippen molar-refractivity contribution in [2.75, 3.05) is 0 Å². The smallest absolute Gasteiger partial charge is 0.368 e. The van der Waals surface area contributed by atoms with Gasteiger partial charge in [-0.2, -0.15) is 0 Å². The van der Waals surface area contributed by atoms with Gasteiger partial charge in [-0.05, 0) is 37.3 Å². The van der Waals surface area contributed by atoms with Gasteiger partial charge in [-0.3, -0.25) is 0 Å². The fraction of sp³-hybridized carbons (Fsp3) is 0.0625. The van der Waals surface area contributed by atoms with Gasteiger partial charge in [0.2, 0.25) is 5.82 Å². The number of fused-ring (bicyclic) bond motifs is 1. The van der Waals surface area contributed by atoms with E-state index in [0.717, 1.165) is 38.2 Å². The molecule has 39 heavy (non-hydrogen) atoms. The summed E-state index contributed by atoms with van der Waals surface area (Å²) >= 11 is 0. The Bertz CT molecular complexity index is 1720. The zero-order valence-electron chi connectivity index (χ0n) is 21.2. The van der Waals surface area contributed by atoms with E-state index < -0.39 is 10.9 Å². The van der Waals surface area contributed by atoms with Crippen LogP contribution in [-0.2, 0) is 16.6 Å². The number of carbonyl (C=O) groups is 1. The van der Waals surface area contributed by atoms with Crippen LogP contribution in [-0.4, -0.2) is 25.3 Å². The molecule has 2 aromatic heterocycles. The summed E-state index contributed by atoms with van der Waals surface area (Å²) in [4.78, 5) is 23.1. The molecule has 1 N–H and O–H groups in total. The van der Waals surface area contributed by atoms with Crippen LogP contribution in [0.5, 0.6) is 0 Å². The second-order valence-electron chi connectivity index (χ2n) is 9.04. The van der Waals surface area contributed by atoms with E-state index in [1.807, 2.05) is 116 Å². The molecule has 0 aliphatic heterocycles. The minimum Gasteiger partial charge on any atom is -1.00 e. The molecule has 5 nitrogen and oxygen atoms in total. The highest BCUT2D eigenvalue weighted by Crippen LogP contribution is 2.34. The first-order valence-corrected chi connectivity index (χ1v) is 13.8. The monoisotopic (exact) mass is 548 g/mol. The van der Waals surface area contributed by atoms with Crippen LogP contribution >= 0.6 is 0 Å². The van der Waals surface area contributed by atoms with Crippen molar-refractivity contribution in [1.29, 1.82) is 0 Å². The Morgan fingerprint density at radius 3 is 2.18 bits per heavy atom. The van der Waals surface area contributed by atoms with Crippen LogP contribution in [0.25, 0.3) is 33.4 Å². The minimum atomic E-state index is -0.788. The number of aryl methyl sites for hydroxylation is 1. The minimum absolute atomic E-state index is 0. The van der Waals surface area contributed by atoms with Crippen LogP contribution in [0.3, 0.4) is 0 Å². The van der Waals surface area contributed by atoms with Gasteiger partial charge in [0.05, 0.1) is 5.56 Å². The number of para-hydroxylation sites is 1. The standard InChI is InChI=1S/C32H25N4OS.ClH/c1-22-16-18-25(19-17-22)38(32(37)24-12-6-3-7-13-24)21-29-34-31(27-20-33-28-15-9-8-14-26(27)28)30(36-35-29)23-10-4-2-5-11-23;/h2-20,33H,21H2,1H3;1H/q+1;/p-1. The largest absolute Gasteiger partial charge is 1.00 e. The number of benzene rings is 4. The van der Waals surface area contributed by atoms with Gasteiger partial charge in [0.25, 0.3) is 0 Å². The molecule has 0 saturated heterocycles. The molecule has 6 aromatic rings. The average Bonchev–Trinajstić information content (AvgIpc) is 3.41. The van der Waals surface area contributed by atoms with Crippen molar-refractivity contribution in [2.45, 2.75) is 17.6 Å². The molecular formula is C32H25ClN4OS. The van der Waals surface area contributed by atoms with Crippen LogP contribution in [0.2, 0.25) is 0 Å². The Morgan fingerprint density at radius 2 is 1.44 bits per heavy atom. The number of aromatic amines is 1. The van der Waals surface area contributed by atoms with Crippen LogP contribution in [0.1, 0.15) is 21.7 Å². The van der Waals surface area contributed by atoms with E-state index in [1.165, 1.54) is 0 Å². The maximum atomic E-state index is 13.7. The summed E-state index contributed by atoms with van der Waals surface area (Å²) in [7, 11) is -0.788. The summed E-state index contributed by atoms with van der Waals surface area (Å²) in [6.07, 6.45) is 1.97. The van der Waals surface area contributed by atoms with E-state index in [-0.39, 0.29) is 17.5 Å². The molecule has 1 unspecified atom stereocenters. The number of nitrogens with one attached hydrogen (secondary N) is 1. The van der Waals surface area contributed by atoms with Crippen LogP contribution in [0.15, 0.2) is 120 Å². The Morgan fingerprint density at radius 1 is 0.769 bits per heavy atom. The van der Waals surface area contributed by atoms with Gasteiger partial charge < -0.3 is 17.4 Å². The molecule has 0 aliphatic carbocycles. The predicted octanol–water partition coefficient (Wildman–Crippen LogP) is 4.02. The molecule has 2 heterocycles. The fourth-order valence-corrected chi connectivity index (χ4v) is 6.25. The van der Waals surface area contributed by atoms with Gasteiger partial charge in [0, 0.05) is 28.2 Å². The molecule has 0 spiro atoms. The number of hydrogen-bond donors (Lipinski definition) is 1. The maximum absolute atomic E-state index is 13.7. The van der Waals surface area contributed by atoms with Crippen molar-refractivity contribution >= 4 is 26.9 Å². The lowest BCUT2D eigenvalue weighted by molar-refractivity contribution is -0.0000143. The van der Waals surface area contributed by atoms with E-state index >= 15 is 0 Å². The van der Waals surface area contributed by atoms with Crippen molar-refractivity contribution in [3.63, 3.8) is 0 Å². The van der Waals surface area contributed by atoms with E-state index in [4.69, 9.17) is 4.98 Å². The SMILES string of the molecule is Cc1ccc([S+](Cc2nnc(-c3ccccc3)c(-c3c[nH]c4ccccc34)n2)C(=O)c2ccccc2)cc1.[Cl-]. The predicted molar refractivity (Wildman–Crippen MR) is 154 cm³/mol.